The maximum atomic E-state index is 5.26. The summed E-state index contributed by atoms with van der Waals surface area (Å²) in [5.41, 5.74) is 0. The predicted molar refractivity (Wildman–Crippen MR) is 47.2 cm³/mol. The van der Waals surface area contributed by atoms with Crippen LogP contribution in [0.15, 0.2) is 17.0 Å². The molecule has 1 saturated heterocycles. The van der Waals surface area contributed by atoms with E-state index in [9.17, 15) is 0 Å². The van der Waals surface area contributed by atoms with Gasteiger partial charge in [-0.2, -0.15) is 0 Å². The van der Waals surface area contributed by atoms with Crippen LogP contribution in [-0.2, 0) is 11.3 Å². The van der Waals surface area contributed by atoms with Crippen molar-refractivity contribution in [2.45, 2.75) is 25.4 Å². The number of hydrogen-bond donors (Lipinski definition) is 1. The highest BCUT2D eigenvalue weighted by molar-refractivity contribution is 4.88. The van der Waals surface area contributed by atoms with E-state index in [1.807, 2.05) is 0 Å². The predicted octanol–water partition coefficient (Wildman–Crippen LogP) is 0.943. The largest absolute Gasteiger partial charge is 0.447 e. The fraction of sp³-hybridized carbons (Fsp3) is 0.667. The molecule has 1 aromatic heterocycles. The van der Waals surface area contributed by atoms with Crippen molar-refractivity contribution in [3.05, 3.63) is 18.4 Å². The molecule has 0 unspecified atom stereocenters. The Kier molecular flexibility index (Phi) is 2.94. The average molecular weight is 182 g/mol. The van der Waals surface area contributed by atoms with Gasteiger partial charge >= 0.3 is 0 Å². The van der Waals surface area contributed by atoms with Gasteiger partial charge in [0, 0.05) is 19.3 Å². The number of nitrogens with one attached hydrogen (secondary N) is 1. The van der Waals surface area contributed by atoms with Gasteiger partial charge in [0.1, 0.15) is 5.76 Å². The Balaban J connectivity index is 1.72. The minimum atomic E-state index is 0.568. The molecule has 0 bridgehead atoms. The Hall–Kier alpha value is -0.870. The molecule has 72 valence electrons. The van der Waals surface area contributed by atoms with Crippen molar-refractivity contribution in [3.8, 4) is 0 Å². The van der Waals surface area contributed by atoms with Crippen LogP contribution >= 0.6 is 0 Å². The van der Waals surface area contributed by atoms with Crippen molar-refractivity contribution in [2.75, 3.05) is 13.2 Å². The van der Waals surface area contributed by atoms with Gasteiger partial charge in [-0.1, -0.05) is 0 Å². The van der Waals surface area contributed by atoms with Gasteiger partial charge in [-0.3, -0.25) is 0 Å². The van der Waals surface area contributed by atoms with Gasteiger partial charge in [-0.15, -0.1) is 0 Å². The normalized spacial score (nSPS) is 19.1. The van der Waals surface area contributed by atoms with Crippen LogP contribution in [0.5, 0.6) is 0 Å². The van der Waals surface area contributed by atoms with Crippen molar-refractivity contribution < 1.29 is 9.15 Å². The van der Waals surface area contributed by atoms with Crippen LogP contribution in [0.1, 0.15) is 18.6 Å². The summed E-state index contributed by atoms with van der Waals surface area (Å²) in [6.07, 6.45) is 5.38. The molecule has 4 heteroatoms. The standard InChI is InChI=1S/C9H14N2O2/c1-3-12-4-2-8(1)11-6-9-5-10-7-13-9/h5,7-8,11H,1-4,6H2. The van der Waals surface area contributed by atoms with Crippen molar-refractivity contribution in [2.24, 2.45) is 0 Å². The second-order valence-electron chi connectivity index (χ2n) is 3.24. The van der Waals surface area contributed by atoms with Gasteiger partial charge in [-0.05, 0) is 12.8 Å². The molecule has 0 spiro atoms. The Morgan fingerprint density at radius 2 is 2.31 bits per heavy atom. The second-order valence-corrected chi connectivity index (χ2v) is 3.24. The highest BCUT2D eigenvalue weighted by Gasteiger charge is 2.12. The monoisotopic (exact) mass is 182 g/mol. The first kappa shape index (κ1) is 8.72. The Bertz CT molecular complexity index is 230. The van der Waals surface area contributed by atoms with Crippen molar-refractivity contribution >= 4 is 0 Å². The summed E-state index contributed by atoms with van der Waals surface area (Å²) in [7, 11) is 0. The third kappa shape index (κ3) is 2.54. The lowest BCUT2D eigenvalue weighted by molar-refractivity contribution is 0.0771. The summed E-state index contributed by atoms with van der Waals surface area (Å²) in [5, 5.41) is 3.41. The van der Waals surface area contributed by atoms with Gasteiger partial charge in [0.15, 0.2) is 6.39 Å². The van der Waals surface area contributed by atoms with E-state index in [1.165, 1.54) is 6.39 Å². The van der Waals surface area contributed by atoms with Crippen LogP contribution in [-0.4, -0.2) is 24.2 Å². The van der Waals surface area contributed by atoms with Crippen LogP contribution in [0.2, 0.25) is 0 Å². The zero-order valence-electron chi connectivity index (χ0n) is 7.53. The molecule has 1 aliphatic heterocycles. The molecule has 0 aromatic carbocycles. The molecule has 1 fully saturated rings. The SMILES string of the molecule is c1ncc(CNC2CCOCC2)o1. The third-order valence-electron chi connectivity index (χ3n) is 2.27. The molecular formula is C9H14N2O2. The van der Waals surface area contributed by atoms with E-state index in [2.05, 4.69) is 10.3 Å². The van der Waals surface area contributed by atoms with Crippen LogP contribution in [0, 0.1) is 0 Å². The Morgan fingerprint density at radius 1 is 1.46 bits per heavy atom. The molecule has 2 rings (SSSR count). The average Bonchev–Trinajstić information content (AvgIpc) is 2.69. The summed E-state index contributed by atoms with van der Waals surface area (Å²) in [6.45, 7) is 2.51. The van der Waals surface area contributed by atoms with Crippen molar-refractivity contribution in [1.82, 2.24) is 10.3 Å². The minimum absolute atomic E-state index is 0.568. The van der Waals surface area contributed by atoms with Crippen molar-refractivity contribution in [3.63, 3.8) is 0 Å². The zero-order valence-corrected chi connectivity index (χ0v) is 7.53. The summed E-state index contributed by atoms with van der Waals surface area (Å²) < 4.78 is 10.4. The molecule has 0 radical (unpaired) electrons. The van der Waals surface area contributed by atoms with E-state index in [0.29, 0.717) is 6.04 Å². The smallest absolute Gasteiger partial charge is 0.180 e. The van der Waals surface area contributed by atoms with E-state index >= 15 is 0 Å². The van der Waals surface area contributed by atoms with Gasteiger partial charge in [0.2, 0.25) is 0 Å². The molecular weight excluding hydrogens is 168 g/mol. The second kappa shape index (κ2) is 4.39. The number of rotatable bonds is 3. The summed E-state index contributed by atoms with van der Waals surface area (Å²) in [6, 6.07) is 0.568. The lowest BCUT2D eigenvalue weighted by Crippen LogP contribution is -2.34. The number of hydrogen-bond acceptors (Lipinski definition) is 4. The minimum Gasteiger partial charge on any atom is -0.447 e. The first-order valence-electron chi connectivity index (χ1n) is 4.63. The third-order valence-corrected chi connectivity index (χ3v) is 2.27. The molecule has 13 heavy (non-hydrogen) atoms. The van der Waals surface area contributed by atoms with Gasteiger partial charge in [0.25, 0.3) is 0 Å². The fourth-order valence-corrected chi connectivity index (χ4v) is 1.48. The Labute approximate surface area is 77.3 Å². The lowest BCUT2D eigenvalue weighted by Gasteiger charge is -2.22. The molecule has 1 aliphatic rings. The van der Waals surface area contributed by atoms with E-state index in [0.717, 1.165) is 38.4 Å². The van der Waals surface area contributed by atoms with Crippen LogP contribution in [0.25, 0.3) is 0 Å². The maximum absolute atomic E-state index is 5.26. The molecule has 0 atom stereocenters. The summed E-state index contributed by atoms with van der Waals surface area (Å²) in [5.74, 6) is 0.895. The zero-order chi connectivity index (χ0) is 8.93. The lowest BCUT2D eigenvalue weighted by atomic mass is 10.1. The first-order chi connectivity index (χ1) is 6.45. The van der Waals surface area contributed by atoms with Crippen LogP contribution < -0.4 is 5.32 Å². The van der Waals surface area contributed by atoms with E-state index in [1.54, 1.807) is 6.20 Å². The van der Waals surface area contributed by atoms with Crippen molar-refractivity contribution in [1.29, 1.82) is 0 Å². The molecule has 0 aliphatic carbocycles. The van der Waals surface area contributed by atoms with E-state index in [4.69, 9.17) is 9.15 Å². The number of aromatic nitrogens is 1. The van der Waals surface area contributed by atoms with Crippen LogP contribution in [0.4, 0.5) is 0 Å². The highest BCUT2D eigenvalue weighted by atomic mass is 16.5. The number of oxazole rings is 1. The quantitative estimate of drug-likeness (QED) is 0.755. The molecule has 2 heterocycles. The topological polar surface area (TPSA) is 47.3 Å². The Morgan fingerprint density at radius 3 is 3.00 bits per heavy atom. The molecule has 0 saturated carbocycles. The summed E-state index contributed by atoms with van der Waals surface area (Å²) >= 11 is 0. The molecule has 1 N–H and O–H groups in total. The summed E-state index contributed by atoms with van der Waals surface area (Å²) in [4.78, 5) is 3.85. The van der Waals surface area contributed by atoms with Gasteiger partial charge in [0.05, 0.1) is 12.7 Å². The van der Waals surface area contributed by atoms with E-state index in [-0.39, 0.29) is 0 Å². The first-order valence-corrected chi connectivity index (χ1v) is 4.63. The van der Waals surface area contributed by atoms with Crippen LogP contribution in [0.3, 0.4) is 0 Å². The maximum Gasteiger partial charge on any atom is 0.180 e. The highest BCUT2D eigenvalue weighted by Crippen LogP contribution is 2.07. The van der Waals surface area contributed by atoms with Gasteiger partial charge in [-0.25, -0.2) is 4.98 Å². The number of nitrogens with zero attached hydrogens (tertiary/aromatic N) is 1. The molecule has 1 aromatic rings. The fourth-order valence-electron chi connectivity index (χ4n) is 1.48. The molecule has 0 amide bonds. The molecule has 4 nitrogen and oxygen atoms in total. The van der Waals surface area contributed by atoms with Gasteiger partial charge < -0.3 is 14.5 Å². The number of ether oxygens (including phenoxy) is 1. The van der Waals surface area contributed by atoms with E-state index < -0.39 is 0 Å².